The van der Waals surface area contributed by atoms with Crippen LogP contribution >= 0.6 is 0 Å². The molecular weight excluding hydrogens is 323 g/mol. The maximum Gasteiger partial charge on any atom is 0.331 e. The largest absolute Gasteiger partial charge is 0.451 e. The van der Waals surface area contributed by atoms with Gasteiger partial charge in [-0.25, -0.2) is 14.2 Å². The number of benzene rings is 2. The number of rotatable bonds is 4. The van der Waals surface area contributed by atoms with Gasteiger partial charge in [0.15, 0.2) is 11.9 Å². The fourth-order valence-corrected chi connectivity index (χ4v) is 2.30. The number of para-hydroxylation sites is 1. The summed E-state index contributed by atoms with van der Waals surface area (Å²) in [7, 11) is 0. The molecule has 0 unspecified atom stereocenters. The van der Waals surface area contributed by atoms with Crippen LogP contribution in [0.25, 0.3) is 17.0 Å². The van der Waals surface area contributed by atoms with Crippen LogP contribution in [-0.4, -0.2) is 15.9 Å². The van der Waals surface area contributed by atoms with E-state index in [4.69, 9.17) is 4.74 Å². The number of carbonyl (C=O) groups excluding carboxylic acids is 1. The summed E-state index contributed by atoms with van der Waals surface area (Å²) in [5, 5.41) is 0.473. The Bertz CT molecular complexity index is 993. The van der Waals surface area contributed by atoms with Crippen LogP contribution in [0.5, 0.6) is 0 Å². The van der Waals surface area contributed by atoms with E-state index >= 15 is 0 Å². The summed E-state index contributed by atoms with van der Waals surface area (Å²) < 4.78 is 18.1. The molecular formula is C19H15FN2O3. The number of ether oxygens (including phenoxy) is 1. The second kappa shape index (κ2) is 7.09. The lowest BCUT2D eigenvalue weighted by molar-refractivity contribution is -0.142. The zero-order valence-corrected chi connectivity index (χ0v) is 13.4. The number of aromatic nitrogens is 2. The Morgan fingerprint density at radius 3 is 2.68 bits per heavy atom. The molecule has 0 saturated heterocycles. The van der Waals surface area contributed by atoms with Crippen molar-refractivity contribution in [2.24, 2.45) is 0 Å². The highest BCUT2D eigenvalue weighted by atomic mass is 19.1. The molecule has 0 radical (unpaired) electrons. The monoisotopic (exact) mass is 338 g/mol. The minimum atomic E-state index is -0.720. The Morgan fingerprint density at radius 2 is 1.92 bits per heavy atom. The van der Waals surface area contributed by atoms with Crippen LogP contribution in [0.1, 0.15) is 24.4 Å². The van der Waals surface area contributed by atoms with Crippen LogP contribution in [0.15, 0.2) is 59.4 Å². The van der Waals surface area contributed by atoms with E-state index in [-0.39, 0.29) is 17.2 Å². The molecule has 1 N–H and O–H groups in total. The SMILES string of the molecule is C[C@H](OC(=O)/C=C/c1ccc(F)cc1)c1nc2ccccc2c(=O)[nH]1. The third-order valence-corrected chi connectivity index (χ3v) is 3.59. The van der Waals surface area contributed by atoms with Crippen LogP contribution in [0.4, 0.5) is 4.39 Å². The molecule has 5 nitrogen and oxygen atoms in total. The van der Waals surface area contributed by atoms with Crippen molar-refractivity contribution in [3.63, 3.8) is 0 Å². The molecule has 6 heteroatoms. The Balaban J connectivity index is 1.73. The number of aromatic amines is 1. The molecule has 126 valence electrons. The van der Waals surface area contributed by atoms with Gasteiger partial charge in [0.1, 0.15) is 5.82 Å². The van der Waals surface area contributed by atoms with Crippen LogP contribution in [-0.2, 0) is 9.53 Å². The number of esters is 1. The van der Waals surface area contributed by atoms with Gasteiger partial charge in [0.05, 0.1) is 10.9 Å². The molecule has 3 aromatic rings. The molecule has 0 bridgehead atoms. The third kappa shape index (κ3) is 3.98. The molecule has 25 heavy (non-hydrogen) atoms. The van der Waals surface area contributed by atoms with Gasteiger partial charge in [-0.05, 0) is 42.8 Å². The molecule has 0 fully saturated rings. The van der Waals surface area contributed by atoms with Crippen molar-refractivity contribution in [1.82, 2.24) is 9.97 Å². The number of nitrogens with zero attached hydrogens (tertiary/aromatic N) is 1. The van der Waals surface area contributed by atoms with Crippen LogP contribution < -0.4 is 5.56 Å². The first-order valence-electron chi connectivity index (χ1n) is 7.66. The van der Waals surface area contributed by atoms with Crippen molar-refractivity contribution < 1.29 is 13.9 Å². The van der Waals surface area contributed by atoms with Crippen LogP contribution in [0.2, 0.25) is 0 Å². The van der Waals surface area contributed by atoms with Gasteiger partial charge in [-0.15, -0.1) is 0 Å². The van der Waals surface area contributed by atoms with E-state index in [1.807, 2.05) is 0 Å². The van der Waals surface area contributed by atoms with Crippen molar-refractivity contribution >= 4 is 22.9 Å². The second-order valence-electron chi connectivity index (χ2n) is 5.43. The molecule has 0 amide bonds. The van der Waals surface area contributed by atoms with Gasteiger partial charge in [-0.1, -0.05) is 24.3 Å². The third-order valence-electron chi connectivity index (χ3n) is 3.59. The minimum absolute atomic E-state index is 0.271. The fraction of sp³-hybridized carbons (Fsp3) is 0.105. The zero-order valence-electron chi connectivity index (χ0n) is 13.4. The second-order valence-corrected chi connectivity index (χ2v) is 5.43. The summed E-state index contributed by atoms with van der Waals surface area (Å²) in [5.41, 5.74) is 0.916. The predicted octanol–water partition coefficient (Wildman–Crippen LogP) is 3.38. The van der Waals surface area contributed by atoms with Gasteiger partial charge in [-0.2, -0.15) is 0 Å². The Morgan fingerprint density at radius 1 is 1.20 bits per heavy atom. The Hall–Kier alpha value is -3.28. The van der Waals surface area contributed by atoms with Crippen LogP contribution in [0.3, 0.4) is 0 Å². The molecule has 1 heterocycles. The highest BCUT2D eigenvalue weighted by Crippen LogP contribution is 2.15. The van der Waals surface area contributed by atoms with E-state index < -0.39 is 12.1 Å². The van der Waals surface area contributed by atoms with E-state index in [1.165, 1.54) is 24.3 Å². The first-order chi connectivity index (χ1) is 12.0. The van der Waals surface area contributed by atoms with Gasteiger partial charge in [0.2, 0.25) is 0 Å². The summed E-state index contributed by atoms with van der Waals surface area (Å²) in [5.74, 6) is -0.667. The molecule has 1 aromatic heterocycles. The number of H-pyrrole nitrogens is 1. The Labute approximate surface area is 142 Å². The van der Waals surface area contributed by atoms with Gasteiger partial charge in [-0.3, -0.25) is 4.79 Å². The van der Waals surface area contributed by atoms with Crippen molar-refractivity contribution in [1.29, 1.82) is 0 Å². The Kier molecular flexibility index (Phi) is 4.70. The summed E-state index contributed by atoms with van der Waals surface area (Å²) in [6.07, 6.45) is 2.04. The first-order valence-corrected chi connectivity index (χ1v) is 7.66. The van der Waals surface area contributed by atoms with E-state index in [1.54, 1.807) is 43.3 Å². The van der Waals surface area contributed by atoms with Gasteiger partial charge >= 0.3 is 5.97 Å². The standard InChI is InChI=1S/C19H15FN2O3/c1-12(18-21-16-5-3-2-4-15(16)19(24)22-18)25-17(23)11-8-13-6-9-14(20)10-7-13/h2-12H,1H3,(H,21,22,24)/b11-8+/t12-/m0/s1. The lowest BCUT2D eigenvalue weighted by Crippen LogP contribution is -2.16. The average Bonchev–Trinajstić information content (AvgIpc) is 2.61. The molecule has 0 saturated carbocycles. The van der Waals surface area contributed by atoms with Crippen molar-refractivity contribution in [3.8, 4) is 0 Å². The number of halogens is 1. The average molecular weight is 338 g/mol. The predicted molar refractivity (Wildman–Crippen MR) is 92.3 cm³/mol. The van der Waals surface area contributed by atoms with E-state index in [9.17, 15) is 14.0 Å². The summed E-state index contributed by atoms with van der Waals surface area (Å²) in [4.78, 5) is 30.9. The normalized spacial score (nSPS) is 12.4. The number of carbonyl (C=O) groups is 1. The van der Waals surface area contributed by atoms with Crippen molar-refractivity contribution in [3.05, 3.63) is 82.2 Å². The molecule has 0 aliphatic heterocycles. The highest BCUT2D eigenvalue weighted by Gasteiger charge is 2.14. The van der Waals surface area contributed by atoms with Crippen molar-refractivity contribution in [2.45, 2.75) is 13.0 Å². The number of nitrogens with one attached hydrogen (secondary N) is 1. The number of hydrogen-bond acceptors (Lipinski definition) is 4. The van der Waals surface area contributed by atoms with Gasteiger partial charge in [0.25, 0.3) is 5.56 Å². The lowest BCUT2D eigenvalue weighted by Gasteiger charge is -2.11. The van der Waals surface area contributed by atoms with E-state index in [0.29, 0.717) is 16.5 Å². The first kappa shape index (κ1) is 16.6. The molecule has 0 spiro atoms. The van der Waals surface area contributed by atoms with E-state index in [2.05, 4.69) is 9.97 Å². The number of hydrogen-bond donors (Lipinski definition) is 1. The topological polar surface area (TPSA) is 72.0 Å². The molecule has 2 aromatic carbocycles. The summed E-state index contributed by atoms with van der Waals surface area (Å²) in [6, 6.07) is 12.6. The smallest absolute Gasteiger partial charge is 0.331 e. The van der Waals surface area contributed by atoms with Gasteiger partial charge in [0, 0.05) is 6.08 Å². The highest BCUT2D eigenvalue weighted by molar-refractivity contribution is 5.87. The molecule has 1 atom stereocenters. The van der Waals surface area contributed by atoms with Crippen molar-refractivity contribution in [2.75, 3.05) is 0 Å². The summed E-state index contributed by atoms with van der Waals surface area (Å²) >= 11 is 0. The summed E-state index contributed by atoms with van der Waals surface area (Å²) in [6.45, 7) is 1.62. The quantitative estimate of drug-likeness (QED) is 0.585. The number of fused-ring (bicyclic) bond motifs is 1. The van der Waals surface area contributed by atoms with Crippen LogP contribution in [0, 0.1) is 5.82 Å². The van der Waals surface area contributed by atoms with Gasteiger partial charge < -0.3 is 9.72 Å². The zero-order chi connectivity index (χ0) is 17.8. The van der Waals surface area contributed by atoms with E-state index in [0.717, 1.165) is 0 Å². The molecule has 3 rings (SSSR count). The fourth-order valence-electron chi connectivity index (χ4n) is 2.30. The minimum Gasteiger partial charge on any atom is -0.451 e. The molecule has 0 aliphatic carbocycles. The maximum atomic E-state index is 12.8. The lowest BCUT2D eigenvalue weighted by atomic mass is 10.2. The maximum absolute atomic E-state index is 12.8. The molecule has 0 aliphatic rings.